The molecule has 1 aromatic carbocycles. The molecule has 0 bridgehead atoms. The van der Waals surface area contributed by atoms with E-state index < -0.39 is 0 Å². The molecule has 0 saturated heterocycles. The number of carbonyl (C=O) groups excluding carboxylic acids is 1. The zero-order valence-corrected chi connectivity index (χ0v) is 9.58. The van der Waals surface area contributed by atoms with E-state index in [1.807, 2.05) is 0 Å². The first-order chi connectivity index (χ1) is 8.65. The van der Waals surface area contributed by atoms with Gasteiger partial charge in [-0.2, -0.15) is 10.2 Å². The van der Waals surface area contributed by atoms with Gasteiger partial charge in [-0.15, -0.1) is 0 Å². The summed E-state index contributed by atoms with van der Waals surface area (Å²) >= 11 is 0. The zero-order valence-electron chi connectivity index (χ0n) is 9.58. The van der Waals surface area contributed by atoms with Crippen LogP contribution in [0.1, 0.15) is 0 Å². The Labute approximate surface area is 108 Å². The van der Waals surface area contributed by atoms with Crippen molar-refractivity contribution in [3.05, 3.63) is 59.7 Å². The van der Waals surface area contributed by atoms with Crippen LogP contribution < -0.4 is 5.46 Å². The molecule has 82 valence electrons. The Hall–Kier alpha value is -2.16. The Balaban J connectivity index is 2.09. The highest BCUT2D eigenvalue weighted by Gasteiger charge is 2.04. The third-order valence-corrected chi connectivity index (χ3v) is 2.31. The van der Waals surface area contributed by atoms with Crippen molar-refractivity contribution in [1.29, 1.82) is 0 Å². The lowest BCUT2D eigenvalue weighted by Gasteiger charge is -2.02. The summed E-state index contributed by atoms with van der Waals surface area (Å²) < 4.78 is 0. The molecule has 3 nitrogen and oxygen atoms in total. The van der Waals surface area contributed by atoms with Crippen molar-refractivity contribution in [1.82, 2.24) is 0 Å². The highest BCUT2D eigenvalue weighted by molar-refractivity contribution is 6.39. The van der Waals surface area contributed by atoms with E-state index in [2.05, 4.69) is 10.2 Å². The number of rotatable bonds is 2. The summed E-state index contributed by atoms with van der Waals surface area (Å²) in [6.07, 6.45) is 6.14. The Bertz CT molecular complexity index is 584. The third-order valence-electron chi connectivity index (χ3n) is 2.31. The van der Waals surface area contributed by atoms with Crippen LogP contribution >= 0.6 is 0 Å². The summed E-state index contributed by atoms with van der Waals surface area (Å²) in [7, 11) is 11.1. The van der Waals surface area contributed by atoms with Crippen molar-refractivity contribution in [2.24, 2.45) is 10.2 Å². The molecule has 0 heterocycles. The normalized spacial score (nSPS) is 17.4. The molecule has 0 atom stereocenters. The number of hydrogen-bond acceptors (Lipinski definition) is 3. The van der Waals surface area contributed by atoms with Crippen LogP contribution in [-0.2, 0) is 4.79 Å². The van der Waals surface area contributed by atoms with E-state index >= 15 is 0 Å². The van der Waals surface area contributed by atoms with Crippen LogP contribution in [-0.4, -0.2) is 21.5 Å². The van der Waals surface area contributed by atoms with Crippen LogP contribution in [0.25, 0.3) is 0 Å². The number of hydrogen-bond donors (Lipinski definition) is 0. The summed E-state index contributed by atoms with van der Waals surface area (Å²) in [5, 5.41) is 7.90. The molecular weight excluding hydrogens is 222 g/mol. The minimum atomic E-state index is -0.192. The zero-order chi connectivity index (χ0) is 13.0. The van der Waals surface area contributed by atoms with E-state index in [1.165, 1.54) is 12.3 Å². The Kier molecular flexibility index (Phi) is 3.72. The molecule has 0 fully saturated rings. The molecule has 1 aliphatic rings. The Morgan fingerprint density at radius 2 is 1.78 bits per heavy atom. The number of benzene rings is 1. The second kappa shape index (κ2) is 5.45. The number of nitrogens with zero attached hydrogens (tertiary/aromatic N) is 2. The molecule has 0 amide bonds. The van der Waals surface area contributed by atoms with Gasteiger partial charge >= 0.3 is 0 Å². The molecular formula is C13H8B2N2O. The number of azo groups is 1. The van der Waals surface area contributed by atoms with E-state index in [4.69, 9.17) is 15.7 Å². The lowest BCUT2D eigenvalue weighted by molar-refractivity contribution is -0.110. The monoisotopic (exact) mass is 230 g/mol. The smallest absolute Gasteiger partial charge is 0.171 e. The molecule has 0 N–H and O–H groups in total. The van der Waals surface area contributed by atoms with Crippen LogP contribution in [0, 0.1) is 0 Å². The lowest BCUT2D eigenvalue weighted by Crippen LogP contribution is -2.02. The molecule has 0 aliphatic heterocycles. The van der Waals surface area contributed by atoms with Crippen LogP contribution in [0.2, 0.25) is 0 Å². The fourth-order valence-corrected chi connectivity index (χ4v) is 1.35. The lowest BCUT2D eigenvalue weighted by atomic mass is 9.86. The van der Waals surface area contributed by atoms with Gasteiger partial charge < -0.3 is 0 Å². The van der Waals surface area contributed by atoms with E-state index in [-0.39, 0.29) is 11.3 Å². The summed E-state index contributed by atoms with van der Waals surface area (Å²) in [4.78, 5) is 11.1. The van der Waals surface area contributed by atoms with Gasteiger partial charge in [0.25, 0.3) is 0 Å². The van der Waals surface area contributed by atoms with Gasteiger partial charge in [0.05, 0.1) is 11.9 Å². The summed E-state index contributed by atoms with van der Waals surface area (Å²) in [6.45, 7) is 0. The molecule has 2 rings (SSSR count). The predicted octanol–water partition coefficient (Wildman–Crippen LogP) is 1.64. The van der Waals surface area contributed by atoms with Crippen molar-refractivity contribution < 1.29 is 4.79 Å². The largest absolute Gasteiger partial charge is 0.291 e. The SMILES string of the molecule is [B]C1=C/C(=C\N=Nc2ccc([B])cc2)C=CC1=O. The average Bonchev–Trinajstić information content (AvgIpc) is 2.36. The van der Waals surface area contributed by atoms with Gasteiger partial charge in [0.2, 0.25) is 0 Å². The van der Waals surface area contributed by atoms with E-state index in [0.717, 1.165) is 5.57 Å². The van der Waals surface area contributed by atoms with E-state index in [1.54, 1.807) is 36.4 Å². The van der Waals surface area contributed by atoms with E-state index in [0.29, 0.717) is 11.2 Å². The van der Waals surface area contributed by atoms with Gasteiger partial charge in [0.1, 0.15) is 15.7 Å². The summed E-state index contributed by atoms with van der Waals surface area (Å²) in [6, 6.07) is 7.03. The minimum absolute atomic E-state index is 0.192. The maximum Gasteiger partial charge on any atom is 0.171 e. The average molecular weight is 230 g/mol. The van der Waals surface area contributed by atoms with Gasteiger partial charge in [0.15, 0.2) is 5.78 Å². The standard InChI is InChI=1S/C13H8B2N2O/c14-10-2-4-11(5-3-10)17-16-8-9-1-6-13(18)12(15)7-9/h1-8H/b9-8-,17-16?. The minimum Gasteiger partial charge on any atom is -0.291 e. The first-order valence-corrected chi connectivity index (χ1v) is 5.31. The van der Waals surface area contributed by atoms with Crippen LogP contribution in [0.4, 0.5) is 5.69 Å². The van der Waals surface area contributed by atoms with Crippen LogP contribution in [0.5, 0.6) is 0 Å². The highest BCUT2D eigenvalue weighted by atomic mass is 16.1. The fourth-order valence-electron chi connectivity index (χ4n) is 1.35. The predicted molar refractivity (Wildman–Crippen MR) is 72.4 cm³/mol. The second-order valence-electron chi connectivity index (χ2n) is 3.73. The Morgan fingerprint density at radius 3 is 2.44 bits per heavy atom. The Morgan fingerprint density at radius 1 is 1.06 bits per heavy atom. The molecule has 5 heteroatoms. The number of carbonyl (C=O) groups is 1. The molecule has 0 unspecified atom stereocenters. The van der Waals surface area contributed by atoms with Crippen molar-refractivity contribution in [2.45, 2.75) is 0 Å². The summed E-state index contributed by atoms with van der Waals surface area (Å²) in [5.41, 5.74) is 2.31. The van der Waals surface area contributed by atoms with Crippen molar-refractivity contribution in [3.63, 3.8) is 0 Å². The number of allylic oxidation sites excluding steroid dienone is 5. The molecule has 0 aromatic heterocycles. The summed E-state index contributed by atoms with van der Waals surface area (Å²) in [5.74, 6) is -0.192. The maximum absolute atomic E-state index is 11.1. The molecule has 1 aliphatic carbocycles. The third kappa shape index (κ3) is 3.17. The fraction of sp³-hybridized carbons (Fsp3) is 0. The van der Waals surface area contributed by atoms with Crippen LogP contribution in [0.3, 0.4) is 0 Å². The molecule has 1 aromatic rings. The van der Waals surface area contributed by atoms with Gasteiger partial charge in [-0.3, -0.25) is 4.79 Å². The topological polar surface area (TPSA) is 41.8 Å². The first-order valence-electron chi connectivity index (χ1n) is 5.31. The van der Waals surface area contributed by atoms with Crippen LogP contribution in [0.15, 0.2) is 70.0 Å². The molecule has 0 spiro atoms. The number of ketones is 1. The molecule has 4 radical (unpaired) electrons. The van der Waals surface area contributed by atoms with Gasteiger partial charge in [-0.25, -0.2) is 0 Å². The van der Waals surface area contributed by atoms with Gasteiger partial charge in [0, 0.05) is 0 Å². The molecule has 0 saturated carbocycles. The van der Waals surface area contributed by atoms with Crippen molar-refractivity contribution in [2.75, 3.05) is 0 Å². The second-order valence-corrected chi connectivity index (χ2v) is 3.73. The van der Waals surface area contributed by atoms with Crippen molar-refractivity contribution >= 4 is 32.6 Å². The van der Waals surface area contributed by atoms with Gasteiger partial charge in [-0.05, 0) is 35.3 Å². The van der Waals surface area contributed by atoms with Gasteiger partial charge in [-0.1, -0.05) is 23.7 Å². The quantitative estimate of drug-likeness (QED) is 0.562. The first kappa shape index (κ1) is 12.3. The van der Waals surface area contributed by atoms with Crippen molar-refractivity contribution in [3.8, 4) is 0 Å². The molecule has 18 heavy (non-hydrogen) atoms. The van der Waals surface area contributed by atoms with E-state index in [9.17, 15) is 4.79 Å². The maximum atomic E-state index is 11.1. The highest BCUT2D eigenvalue weighted by Crippen LogP contribution is 2.13.